The topological polar surface area (TPSA) is 34.4 Å². The highest BCUT2D eigenvalue weighted by Crippen LogP contribution is 2.31. The first kappa shape index (κ1) is 19.0. The molecule has 25 heavy (non-hydrogen) atoms. The Hall–Kier alpha value is -0.790. The maximum Gasteiger partial charge on any atom is 0.282 e. The van der Waals surface area contributed by atoms with Crippen molar-refractivity contribution in [3.63, 3.8) is 0 Å². The number of nitrogens with zero attached hydrogens (tertiary/aromatic N) is 2. The number of thioether (sulfide) groups is 1. The third kappa shape index (κ3) is 3.98. The number of benzene rings is 1. The average molecular weight is 431 g/mol. The Labute approximate surface area is 168 Å². The first-order valence-corrected chi connectivity index (χ1v) is 11.3. The summed E-state index contributed by atoms with van der Waals surface area (Å²) >= 11 is 16.5. The van der Waals surface area contributed by atoms with E-state index >= 15 is 0 Å². The van der Waals surface area contributed by atoms with Crippen molar-refractivity contribution in [2.24, 2.45) is 4.99 Å². The largest absolute Gasteiger partial charge is 0.315 e. The fourth-order valence-electron chi connectivity index (χ4n) is 2.44. The number of thiazole rings is 1. The van der Waals surface area contributed by atoms with Crippen molar-refractivity contribution in [3.05, 3.63) is 48.4 Å². The van der Waals surface area contributed by atoms with Gasteiger partial charge in [-0.2, -0.15) is 16.8 Å². The highest BCUT2D eigenvalue weighted by molar-refractivity contribution is 7.98. The van der Waals surface area contributed by atoms with Crippen LogP contribution in [0.1, 0.15) is 21.5 Å². The van der Waals surface area contributed by atoms with Crippen LogP contribution in [0.25, 0.3) is 10.2 Å². The van der Waals surface area contributed by atoms with Gasteiger partial charge in [-0.3, -0.25) is 4.79 Å². The van der Waals surface area contributed by atoms with Crippen molar-refractivity contribution in [1.29, 1.82) is 0 Å². The first-order chi connectivity index (χ1) is 11.9. The predicted molar refractivity (Wildman–Crippen MR) is 112 cm³/mol. The van der Waals surface area contributed by atoms with Crippen LogP contribution in [0.3, 0.4) is 0 Å². The van der Waals surface area contributed by atoms with E-state index in [1.807, 2.05) is 0 Å². The molecule has 0 fully saturated rings. The summed E-state index contributed by atoms with van der Waals surface area (Å²) < 4.78 is 4.11. The second-order valence-corrected chi connectivity index (χ2v) is 9.87. The van der Waals surface area contributed by atoms with E-state index < -0.39 is 0 Å². The monoisotopic (exact) mass is 430 g/mol. The molecule has 3 rings (SSSR count). The molecule has 0 aliphatic rings. The molecular weight excluding hydrogens is 415 g/mol. The van der Waals surface area contributed by atoms with Crippen LogP contribution in [0.5, 0.6) is 0 Å². The van der Waals surface area contributed by atoms with Gasteiger partial charge in [-0.25, -0.2) is 0 Å². The summed E-state index contributed by atoms with van der Waals surface area (Å²) in [4.78, 5) is 17.6. The lowest BCUT2D eigenvalue weighted by atomic mass is 10.1. The molecule has 0 atom stereocenters. The Morgan fingerprint density at radius 2 is 1.92 bits per heavy atom. The number of thiophene rings is 1. The van der Waals surface area contributed by atoms with Crippen LogP contribution in [0.15, 0.2) is 23.2 Å². The highest BCUT2D eigenvalue weighted by atomic mass is 35.5. The summed E-state index contributed by atoms with van der Waals surface area (Å²) in [6.45, 7) is 4.99. The lowest BCUT2D eigenvalue weighted by Crippen LogP contribution is -2.18. The average Bonchev–Trinajstić information content (AvgIpc) is 3.05. The number of hydrogen-bond donors (Lipinski definition) is 0. The molecule has 3 aromatic rings. The van der Waals surface area contributed by atoms with Crippen LogP contribution in [0.4, 0.5) is 0 Å². The van der Waals surface area contributed by atoms with Gasteiger partial charge in [0.1, 0.15) is 4.34 Å². The molecule has 2 aromatic heterocycles. The zero-order valence-electron chi connectivity index (χ0n) is 13.9. The number of aryl methyl sites for hydroxylation is 3. The van der Waals surface area contributed by atoms with Gasteiger partial charge in [0.25, 0.3) is 5.91 Å². The van der Waals surface area contributed by atoms with E-state index in [0.29, 0.717) is 19.0 Å². The van der Waals surface area contributed by atoms with Crippen molar-refractivity contribution in [1.82, 2.24) is 4.57 Å². The van der Waals surface area contributed by atoms with Crippen molar-refractivity contribution in [3.8, 4) is 0 Å². The molecule has 0 aliphatic heterocycles. The summed E-state index contributed by atoms with van der Waals surface area (Å²) in [6, 6.07) is 5.90. The van der Waals surface area contributed by atoms with E-state index in [-0.39, 0.29) is 5.91 Å². The Morgan fingerprint density at radius 3 is 2.56 bits per heavy atom. The molecule has 8 heteroatoms. The molecule has 132 valence electrons. The van der Waals surface area contributed by atoms with Crippen molar-refractivity contribution in [2.75, 3.05) is 12.0 Å². The molecule has 1 aromatic carbocycles. The van der Waals surface area contributed by atoms with Gasteiger partial charge in [-0.15, -0.1) is 11.3 Å². The molecule has 3 nitrogen and oxygen atoms in total. The van der Waals surface area contributed by atoms with Crippen LogP contribution in [-0.4, -0.2) is 22.5 Å². The van der Waals surface area contributed by atoms with Gasteiger partial charge >= 0.3 is 0 Å². The number of rotatable bonds is 4. The fraction of sp³-hybridized carbons (Fsp3) is 0.294. The van der Waals surface area contributed by atoms with Gasteiger partial charge in [0.2, 0.25) is 0 Å². The summed E-state index contributed by atoms with van der Waals surface area (Å²) in [6.07, 6.45) is 2.07. The smallest absolute Gasteiger partial charge is 0.282 e. The maximum absolute atomic E-state index is 12.6. The van der Waals surface area contributed by atoms with Crippen molar-refractivity contribution >= 4 is 73.8 Å². The minimum atomic E-state index is -0.356. The van der Waals surface area contributed by atoms with Crippen LogP contribution < -0.4 is 4.80 Å². The van der Waals surface area contributed by atoms with Crippen LogP contribution in [0, 0.1) is 13.8 Å². The van der Waals surface area contributed by atoms with Crippen LogP contribution in [0.2, 0.25) is 8.67 Å². The number of carbonyl (C=O) groups excluding carboxylic acids is 1. The van der Waals surface area contributed by atoms with Crippen LogP contribution >= 0.6 is 57.6 Å². The van der Waals surface area contributed by atoms with E-state index in [1.165, 1.54) is 33.8 Å². The Kier molecular flexibility index (Phi) is 5.96. The van der Waals surface area contributed by atoms with E-state index in [0.717, 1.165) is 22.5 Å². The summed E-state index contributed by atoms with van der Waals surface area (Å²) in [7, 11) is 0. The number of halogens is 2. The van der Waals surface area contributed by atoms with Gasteiger partial charge in [0, 0.05) is 12.3 Å². The number of hydrogen-bond acceptors (Lipinski definition) is 4. The second-order valence-electron chi connectivity index (χ2n) is 5.59. The quantitative estimate of drug-likeness (QED) is 0.524. The molecule has 0 N–H and O–H groups in total. The predicted octanol–water partition coefficient (Wildman–Crippen LogP) is 5.79. The minimum Gasteiger partial charge on any atom is -0.315 e. The first-order valence-electron chi connectivity index (χ1n) is 7.54. The van der Waals surface area contributed by atoms with Crippen LogP contribution in [-0.2, 0) is 6.54 Å². The molecule has 0 spiro atoms. The summed E-state index contributed by atoms with van der Waals surface area (Å²) in [5.74, 6) is 0.594. The molecule has 0 saturated heterocycles. The minimum absolute atomic E-state index is 0.356. The second kappa shape index (κ2) is 7.84. The number of aromatic nitrogens is 1. The van der Waals surface area contributed by atoms with Gasteiger partial charge in [0.05, 0.1) is 20.1 Å². The zero-order chi connectivity index (χ0) is 18.1. The summed E-state index contributed by atoms with van der Waals surface area (Å²) in [5.41, 5.74) is 3.94. The molecule has 0 saturated carbocycles. The summed E-state index contributed by atoms with van der Waals surface area (Å²) in [5, 5.41) is 0. The number of fused-ring (bicyclic) bond motifs is 1. The van der Waals surface area contributed by atoms with Crippen molar-refractivity contribution < 1.29 is 4.79 Å². The SMILES string of the molecule is CSCCn1c(=NC(=O)c2cc(Cl)sc2Cl)sc2cc(C)c(C)cc21. The van der Waals surface area contributed by atoms with E-state index in [9.17, 15) is 4.79 Å². The molecule has 1 amide bonds. The van der Waals surface area contributed by atoms with Gasteiger partial charge in [0.15, 0.2) is 4.80 Å². The molecule has 0 bridgehead atoms. The molecule has 0 radical (unpaired) electrons. The molecule has 2 heterocycles. The Morgan fingerprint density at radius 1 is 1.20 bits per heavy atom. The van der Waals surface area contributed by atoms with Gasteiger partial charge < -0.3 is 4.57 Å². The standard InChI is InChI=1S/C17H16Cl2N2OS3/c1-9-6-12-13(7-10(9)2)24-17(21(12)4-5-23-3)20-16(22)11-8-14(18)25-15(11)19/h6-8H,4-5H2,1-3H3. The Bertz CT molecular complexity index is 1020. The van der Waals surface area contributed by atoms with E-state index in [4.69, 9.17) is 23.2 Å². The molecule has 0 aliphatic carbocycles. The lowest BCUT2D eigenvalue weighted by molar-refractivity contribution is 0.0998. The molecular formula is C17H16Cl2N2OS3. The van der Waals surface area contributed by atoms with E-state index in [2.05, 4.69) is 41.8 Å². The molecule has 0 unspecified atom stereocenters. The zero-order valence-corrected chi connectivity index (χ0v) is 17.9. The van der Waals surface area contributed by atoms with E-state index in [1.54, 1.807) is 17.8 Å². The fourth-order valence-corrected chi connectivity index (χ4v) is 5.39. The third-order valence-corrected chi connectivity index (χ3v) is 7.02. The maximum atomic E-state index is 12.6. The Balaban J connectivity index is 2.16. The van der Waals surface area contributed by atoms with Gasteiger partial charge in [-0.1, -0.05) is 34.5 Å². The number of carbonyl (C=O) groups is 1. The van der Waals surface area contributed by atoms with Gasteiger partial charge in [-0.05, 0) is 49.4 Å². The lowest BCUT2D eigenvalue weighted by Gasteiger charge is -2.05. The normalized spacial score (nSPS) is 12.3. The number of amides is 1. The third-order valence-electron chi connectivity index (χ3n) is 3.90. The highest BCUT2D eigenvalue weighted by Gasteiger charge is 2.15. The van der Waals surface area contributed by atoms with Crippen molar-refractivity contribution in [2.45, 2.75) is 20.4 Å².